The van der Waals surface area contributed by atoms with Gasteiger partial charge in [0.2, 0.25) is 0 Å². The minimum absolute atomic E-state index is 0.192. The van der Waals surface area contributed by atoms with Gasteiger partial charge in [-0.05, 0) is 30.5 Å². The molecule has 1 aromatic rings. The number of hydrogen-bond donors (Lipinski definition) is 1. The average molecular weight is 272 g/mol. The van der Waals surface area contributed by atoms with Crippen molar-refractivity contribution >= 4 is 17.7 Å². The minimum atomic E-state index is -1.04. The van der Waals surface area contributed by atoms with E-state index in [4.69, 9.17) is 0 Å². The molecule has 1 aliphatic carbocycles. The molecule has 98 valence electrons. The van der Waals surface area contributed by atoms with Gasteiger partial charge in [0.25, 0.3) is 0 Å². The van der Waals surface area contributed by atoms with Gasteiger partial charge in [-0.3, -0.25) is 4.79 Å². The van der Waals surface area contributed by atoms with Gasteiger partial charge in [0.1, 0.15) is 16.9 Å². The lowest BCUT2D eigenvalue weighted by molar-refractivity contribution is -0.136. The van der Waals surface area contributed by atoms with E-state index in [0.29, 0.717) is 0 Å². The Morgan fingerprint density at radius 2 is 1.78 bits per heavy atom. The summed E-state index contributed by atoms with van der Waals surface area (Å²) in [6, 6.07) is 2.95. The van der Waals surface area contributed by atoms with Gasteiger partial charge in [0.15, 0.2) is 0 Å². The highest BCUT2D eigenvalue weighted by molar-refractivity contribution is 8.00. The van der Waals surface area contributed by atoms with Crippen molar-refractivity contribution < 1.29 is 18.7 Å². The van der Waals surface area contributed by atoms with Crippen molar-refractivity contribution in [2.75, 3.05) is 0 Å². The number of benzene rings is 1. The standard InChI is InChI=1S/C13H14F2O2S/c14-9-5-8(6-10(15)7-9)12(13(16)17)18-11-3-1-2-4-11/h5-7,11-12H,1-4H2,(H,16,17)/t12-/m1/s1. The van der Waals surface area contributed by atoms with Gasteiger partial charge >= 0.3 is 5.97 Å². The zero-order chi connectivity index (χ0) is 13.1. The molecule has 0 unspecified atom stereocenters. The molecule has 0 aromatic heterocycles. The lowest BCUT2D eigenvalue weighted by Gasteiger charge is -2.17. The van der Waals surface area contributed by atoms with E-state index in [9.17, 15) is 18.7 Å². The van der Waals surface area contributed by atoms with E-state index >= 15 is 0 Å². The minimum Gasteiger partial charge on any atom is -0.480 e. The number of aliphatic carboxylic acids is 1. The van der Waals surface area contributed by atoms with Crippen LogP contribution in [0.3, 0.4) is 0 Å². The van der Waals surface area contributed by atoms with Crippen LogP contribution in [0.5, 0.6) is 0 Å². The van der Waals surface area contributed by atoms with E-state index < -0.39 is 22.9 Å². The molecule has 0 heterocycles. The van der Waals surface area contributed by atoms with Gasteiger partial charge in [-0.15, -0.1) is 11.8 Å². The fourth-order valence-corrected chi connectivity index (χ4v) is 3.62. The van der Waals surface area contributed by atoms with Crippen LogP contribution in [0.1, 0.15) is 36.5 Å². The molecule has 1 aromatic carbocycles. The van der Waals surface area contributed by atoms with Crippen molar-refractivity contribution in [1.82, 2.24) is 0 Å². The van der Waals surface area contributed by atoms with E-state index in [0.717, 1.165) is 43.9 Å². The highest BCUT2D eigenvalue weighted by Crippen LogP contribution is 2.39. The topological polar surface area (TPSA) is 37.3 Å². The van der Waals surface area contributed by atoms with Crippen LogP contribution in [0.4, 0.5) is 8.78 Å². The Balaban J connectivity index is 2.20. The second-order valence-corrected chi connectivity index (χ2v) is 5.87. The molecule has 0 spiro atoms. The third-order valence-corrected chi connectivity index (χ3v) is 4.64. The lowest BCUT2D eigenvalue weighted by Crippen LogP contribution is -2.12. The summed E-state index contributed by atoms with van der Waals surface area (Å²) in [5, 5.41) is 8.59. The maximum atomic E-state index is 13.1. The van der Waals surface area contributed by atoms with E-state index in [1.165, 1.54) is 11.8 Å². The molecule has 0 saturated heterocycles. The molecule has 1 saturated carbocycles. The first kappa shape index (κ1) is 13.3. The lowest BCUT2D eigenvalue weighted by atomic mass is 10.1. The summed E-state index contributed by atoms with van der Waals surface area (Å²) in [7, 11) is 0. The maximum Gasteiger partial charge on any atom is 0.321 e. The Morgan fingerprint density at radius 3 is 2.28 bits per heavy atom. The zero-order valence-electron chi connectivity index (χ0n) is 9.73. The molecule has 0 radical (unpaired) electrons. The van der Waals surface area contributed by atoms with Crippen LogP contribution in [-0.2, 0) is 4.79 Å². The number of carboxylic acids is 1. The van der Waals surface area contributed by atoms with Crippen molar-refractivity contribution in [3.63, 3.8) is 0 Å². The van der Waals surface area contributed by atoms with E-state index in [1.54, 1.807) is 0 Å². The third-order valence-electron chi connectivity index (χ3n) is 3.04. The van der Waals surface area contributed by atoms with E-state index in [1.807, 2.05) is 0 Å². The van der Waals surface area contributed by atoms with Crippen LogP contribution >= 0.6 is 11.8 Å². The normalized spacial score (nSPS) is 17.9. The summed E-state index contributed by atoms with van der Waals surface area (Å²) < 4.78 is 26.2. The Kier molecular flexibility index (Phi) is 4.22. The second kappa shape index (κ2) is 5.69. The molecule has 2 rings (SSSR count). The molecule has 1 atom stereocenters. The predicted octanol–water partition coefficient (Wildman–Crippen LogP) is 3.77. The van der Waals surface area contributed by atoms with Gasteiger partial charge in [-0.25, -0.2) is 8.78 Å². The molecule has 0 bridgehead atoms. The molecule has 1 fully saturated rings. The van der Waals surface area contributed by atoms with Gasteiger partial charge in [-0.2, -0.15) is 0 Å². The summed E-state index contributed by atoms with van der Waals surface area (Å²) in [6.45, 7) is 0. The van der Waals surface area contributed by atoms with Gasteiger partial charge in [0.05, 0.1) is 0 Å². The molecule has 1 aliphatic rings. The number of rotatable bonds is 4. The van der Waals surface area contributed by atoms with Gasteiger partial charge < -0.3 is 5.11 Å². The average Bonchev–Trinajstić information content (AvgIpc) is 2.76. The number of halogens is 2. The van der Waals surface area contributed by atoms with Gasteiger partial charge in [-0.1, -0.05) is 12.8 Å². The molecular weight excluding hydrogens is 258 g/mol. The van der Waals surface area contributed by atoms with Crippen LogP contribution in [0.15, 0.2) is 18.2 Å². The zero-order valence-corrected chi connectivity index (χ0v) is 10.6. The molecule has 0 aliphatic heterocycles. The Labute approximate surface area is 108 Å². The smallest absolute Gasteiger partial charge is 0.321 e. The first-order valence-corrected chi connectivity index (χ1v) is 6.85. The Hall–Kier alpha value is -1.10. The largest absolute Gasteiger partial charge is 0.480 e. The highest BCUT2D eigenvalue weighted by atomic mass is 32.2. The number of hydrogen-bond acceptors (Lipinski definition) is 2. The monoisotopic (exact) mass is 272 g/mol. The number of carbonyl (C=O) groups is 1. The van der Waals surface area contributed by atoms with Crippen molar-refractivity contribution in [3.8, 4) is 0 Å². The molecule has 18 heavy (non-hydrogen) atoms. The molecule has 2 nitrogen and oxygen atoms in total. The van der Waals surface area contributed by atoms with Crippen LogP contribution in [0.25, 0.3) is 0 Å². The molecule has 5 heteroatoms. The number of thioether (sulfide) groups is 1. The van der Waals surface area contributed by atoms with Gasteiger partial charge in [0, 0.05) is 11.3 Å². The summed E-state index contributed by atoms with van der Waals surface area (Å²) in [5.74, 6) is -2.51. The summed E-state index contributed by atoms with van der Waals surface area (Å²) in [5.41, 5.74) is 0.192. The van der Waals surface area contributed by atoms with E-state index in [-0.39, 0.29) is 10.8 Å². The predicted molar refractivity (Wildman–Crippen MR) is 66.6 cm³/mol. The quantitative estimate of drug-likeness (QED) is 0.906. The molecule has 0 amide bonds. The van der Waals surface area contributed by atoms with Crippen LogP contribution < -0.4 is 0 Å². The van der Waals surface area contributed by atoms with Crippen LogP contribution in [0, 0.1) is 11.6 Å². The first-order chi connectivity index (χ1) is 8.56. The second-order valence-electron chi connectivity index (χ2n) is 4.46. The SMILES string of the molecule is O=C(O)[C@H](SC1CCCC1)c1cc(F)cc(F)c1. The number of carboxylic acid groups (broad SMARTS) is 1. The molecular formula is C13H14F2O2S. The van der Waals surface area contributed by atoms with Crippen LogP contribution in [0.2, 0.25) is 0 Å². The fraction of sp³-hybridized carbons (Fsp3) is 0.462. The maximum absolute atomic E-state index is 13.1. The van der Waals surface area contributed by atoms with Crippen molar-refractivity contribution in [1.29, 1.82) is 0 Å². The Bertz CT molecular complexity index is 424. The third kappa shape index (κ3) is 3.22. The van der Waals surface area contributed by atoms with Crippen molar-refractivity contribution in [3.05, 3.63) is 35.4 Å². The summed E-state index contributed by atoms with van der Waals surface area (Å²) in [6.07, 6.45) is 4.15. The highest BCUT2D eigenvalue weighted by Gasteiger charge is 2.27. The first-order valence-electron chi connectivity index (χ1n) is 5.90. The van der Waals surface area contributed by atoms with E-state index in [2.05, 4.69) is 0 Å². The molecule has 1 N–H and O–H groups in total. The van der Waals surface area contributed by atoms with Crippen molar-refractivity contribution in [2.45, 2.75) is 36.2 Å². The summed E-state index contributed by atoms with van der Waals surface area (Å²) >= 11 is 1.30. The fourth-order valence-electron chi connectivity index (χ4n) is 2.22. The summed E-state index contributed by atoms with van der Waals surface area (Å²) in [4.78, 5) is 11.2. The Morgan fingerprint density at radius 1 is 1.22 bits per heavy atom. The van der Waals surface area contributed by atoms with Crippen molar-refractivity contribution in [2.24, 2.45) is 0 Å². The van der Waals surface area contributed by atoms with Crippen LogP contribution in [-0.4, -0.2) is 16.3 Å².